The Balaban J connectivity index is 2.32. The molecule has 1 unspecified atom stereocenters. The summed E-state index contributed by atoms with van der Waals surface area (Å²) in [5.41, 5.74) is 8.21. The Morgan fingerprint density at radius 2 is 2.29 bits per heavy atom. The maximum Gasteiger partial charge on any atom is 0.407 e. The van der Waals surface area contributed by atoms with E-state index in [4.69, 9.17) is 10.5 Å². The van der Waals surface area contributed by atoms with Gasteiger partial charge >= 0.3 is 6.09 Å². The minimum absolute atomic E-state index is 0.196. The van der Waals surface area contributed by atoms with Crippen molar-refractivity contribution in [3.05, 3.63) is 16.6 Å². The number of likely N-dealkylation sites (N-methyl/N-ethyl adjacent to an activating group) is 1. The van der Waals surface area contributed by atoms with Gasteiger partial charge in [-0.05, 0) is 34.2 Å². The van der Waals surface area contributed by atoms with E-state index in [2.05, 4.69) is 15.2 Å². The van der Waals surface area contributed by atoms with Crippen LogP contribution in [0.2, 0.25) is 0 Å². The van der Waals surface area contributed by atoms with Crippen LogP contribution in [-0.4, -0.2) is 47.8 Å². The lowest BCUT2D eigenvalue weighted by Crippen LogP contribution is -2.41. The summed E-state index contributed by atoms with van der Waals surface area (Å²) in [7, 11) is 2.02. The van der Waals surface area contributed by atoms with Crippen molar-refractivity contribution in [3.8, 4) is 0 Å². The van der Waals surface area contributed by atoms with Gasteiger partial charge in [0.2, 0.25) is 0 Å². The molecule has 6 nitrogen and oxygen atoms in total. The molecule has 0 saturated heterocycles. The van der Waals surface area contributed by atoms with Crippen LogP contribution in [0.1, 0.15) is 32.9 Å². The molecule has 0 spiro atoms. The van der Waals surface area contributed by atoms with E-state index < -0.39 is 5.60 Å². The van der Waals surface area contributed by atoms with Crippen molar-refractivity contribution in [2.75, 3.05) is 20.1 Å². The number of alkyl carbamates (subject to hydrolysis) is 1. The number of thiazole rings is 1. The van der Waals surface area contributed by atoms with Gasteiger partial charge in [0.1, 0.15) is 5.60 Å². The number of nitrogens with zero attached hydrogens (tertiary/aromatic N) is 2. The fourth-order valence-electron chi connectivity index (χ4n) is 1.87. The minimum Gasteiger partial charge on any atom is -0.444 e. The van der Waals surface area contributed by atoms with Crippen LogP contribution in [-0.2, 0) is 11.3 Å². The van der Waals surface area contributed by atoms with Gasteiger partial charge in [-0.1, -0.05) is 0 Å². The van der Waals surface area contributed by atoms with E-state index in [1.165, 1.54) is 0 Å². The highest BCUT2D eigenvalue weighted by Gasteiger charge is 2.17. The van der Waals surface area contributed by atoms with Crippen LogP contribution in [0, 0.1) is 0 Å². The molecule has 120 valence electrons. The summed E-state index contributed by atoms with van der Waals surface area (Å²) in [6.45, 7) is 7.37. The topological polar surface area (TPSA) is 80.5 Å². The molecule has 1 rings (SSSR count). The second-order valence-electron chi connectivity index (χ2n) is 6.00. The highest BCUT2D eigenvalue weighted by molar-refractivity contribution is 7.07. The van der Waals surface area contributed by atoms with Crippen LogP contribution in [0.25, 0.3) is 0 Å². The van der Waals surface area contributed by atoms with Crippen LogP contribution in [0.15, 0.2) is 10.9 Å². The second kappa shape index (κ2) is 8.31. The summed E-state index contributed by atoms with van der Waals surface area (Å²) in [6, 6.07) is 0.196. The molecule has 0 aliphatic heterocycles. The normalized spacial score (nSPS) is 13.2. The van der Waals surface area contributed by atoms with Crippen molar-refractivity contribution in [3.63, 3.8) is 0 Å². The Kier molecular flexibility index (Phi) is 7.07. The molecule has 0 radical (unpaired) electrons. The quantitative estimate of drug-likeness (QED) is 0.802. The zero-order valence-corrected chi connectivity index (χ0v) is 14.1. The largest absolute Gasteiger partial charge is 0.444 e. The zero-order valence-electron chi connectivity index (χ0n) is 13.3. The molecule has 0 fully saturated rings. The highest BCUT2D eigenvalue weighted by atomic mass is 32.1. The van der Waals surface area contributed by atoms with Crippen molar-refractivity contribution < 1.29 is 9.53 Å². The van der Waals surface area contributed by atoms with E-state index >= 15 is 0 Å². The molecule has 0 aromatic carbocycles. The molecule has 1 atom stereocenters. The van der Waals surface area contributed by atoms with E-state index in [1.807, 2.05) is 38.7 Å². The number of nitrogens with two attached hydrogens (primary N) is 1. The molecular formula is C14H26N4O2S. The molecule has 1 aromatic heterocycles. The summed E-state index contributed by atoms with van der Waals surface area (Å²) >= 11 is 1.59. The number of ether oxygens (including phenoxy) is 1. The lowest BCUT2D eigenvalue weighted by molar-refractivity contribution is 0.0522. The van der Waals surface area contributed by atoms with Gasteiger partial charge in [0, 0.05) is 31.1 Å². The molecule has 1 amide bonds. The lowest BCUT2D eigenvalue weighted by Gasteiger charge is -2.26. The van der Waals surface area contributed by atoms with Crippen LogP contribution >= 0.6 is 11.3 Å². The number of nitrogens with one attached hydrogen (secondary N) is 1. The Morgan fingerprint density at radius 1 is 1.57 bits per heavy atom. The monoisotopic (exact) mass is 314 g/mol. The first-order valence-electron chi connectivity index (χ1n) is 7.06. The van der Waals surface area contributed by atoms with Gasteiger partial charge in [-0.15, -0.1) is 11.3 Å². The Morgan fingerprint density at radius 3 is 2.81 bits per heavy atom. The Bertz CT molecular complexity index is 417. The van der Waals surface area contributed by atoms with E-state index in [1.54, 1.807) is 11.3 Å². The molecule has 0 aliphatic carbocycles. The number of hydrogen-bond donors (Lipinski definition) is 2. The Labute approximate surface area is 130 Å². The van der Waals surface area contributed by atoms with Crippen molar-refractivity contribution >= 4 is 17.4 Å². The Hall–Kier alpha value is -1.18. The summed E-state index contributed by atoms with van der Waals surface area (Å²) in [5, 5.41) is 4.79. The molecular weight excluding hydrogens is 288 g/mol. The van der Waals surface area contributed by atoms with Crippen LogP contribution < -0.4 is 11.1 Å². The van der Waals surface area contributed by atoms with Gasteiger partial charge in [0.05, 0.1) is 11.2 Å². The molecule has 0 saturated carbocycles. The van der Waals surface area contributed by atoms with Gasteiger partial charge in [-0.3, -0.25) is 4.90 Å². The molecule has 7 heteroatoms. The van der Waals surface area contributed by atoms with E-state index in [0.717, 1.165) is 18.7 Å². The predicted octanol–water partition coefficient (Wildman–Crippen LogP) is 1.82. The summed E-state index contributed by atoms with van der Waals surface area (Å²) in [5.74, 6) is 0. The number of carbonyl (C=O) groups excluding carboxylic acids is 1. The average Bonchev–Trinajstić information content (AvgIpc) is 2.85. The average molecular weight is 314 g/mol. The molecule has 3 N–H and O–H groups in total. The SMILES string of the molecule is CN(Cc1cscn1)C(CN)CCNC(=O)OC(C)(C)C. The van der Waals surface area contributed by atoms with Crippen LogP contribution in [0.5, 0.6) is 0 Å². The first-order valence-corrected chi connectivity index (χ1v) is 8.00. The van der Waals surface area contributed by atoms with Gasteiger partial charge < -0.3 is 15.8 Å². The fourth-order valence-corrected chi connectivity index (χ4v) is 2.42. The molecule has 0 bridgehead atoms. The van der Waals surface area contributed by atoms with Crippen LogP contribution in [0.3, 0.4) is 0 Å². The third-order valence-electron chi connectivity index (χ3n) is 2.94. The van der Waals surface area contributed by atoms with Gasteiger partial charge in [-0.25, -0.2) is 9.78 Å². The highest BCUT2D eigenvalue weighted by Crippen LogP contribution is 2.09. The molecule has 0 aliphatic rings. The van der Waals surface area contributed by atoms with Gasteiger partial charge in [0.25, 0.3) is 0 Å². The van der Waals surface area contributed by atoms with Crippen LogP contribution in [0.4, 0.5) is 4.79 Å². The van der Waals surface area contributed by atoms with E-state index in [-0.39, 0.29) is 12.1 Å². The molecule has 21 heavy (non-hydrogen) atoms. The molecule has 1 heterocycles. The molecule has 1 aromatic rings. The van der Waals surface area contributed by atoms with E-state index in [9.17, 15) is 4.79 Å². The van der Waals surface area contributed by atoms with Crippen molar-refractivity contribution in [1.82, 2.24) is 15.2 Å². The number of amides is 1. The van der Waals surface area contributed by atoms with Crippen molar-refractivity contribution in [2.24, 2.45) is 5.73 Å². The first kappa shape index (κ1) is 17.9. The smallest absolute Gasteiger partial charge is 0.407 e. The number of carbonyl (C=O) groups is 1. The number of rotatable bonds is 7. The predicted molar refractivity (Wildman–Crippen MR) is 85.3 cm³/mol. The zero-order chi connectivity index (χ0) is 15.9. The number of hydrogen-bond acceptors (Lipinski definition) is 6. The van der Waals surface area contributed by atoms with Crippen molar-refractivity contribution in [1.29, 1.82) is 0 Å². The lowest BCUT2D eigenvalue weighted by atomic mass is 10.1. The maximum absolute atomic E-state index is 11.6. The summed E-state index contributed by atoms with van der Waals surface area (Å²) in [6.07, 6.45) is 0.386. The third kappa shape index (κ3) is 7.40. The standard InChI is InChI=1S/C14H26N4O2S/c1-14(2,3)20-13(19)16-6-5-12(7-15)18(4)8-11-9-21-10-17-11/h9-10,12H,5-8,15H2,1-4H3,(H,16,19). The summed E-state index contributed by atoms with van der Waals surface area (Å²) in [4.78, 5) is 18.0. The van der Waals surface area contributed by atoms with Gasteiger partial charge in [0.15, 0.2) is 0 Å². The van der Waals surface area contributed by atoms with Crippen molar-refractivity contribution in [2.45, 2.75) is 45.4 Å². The van der Waals surface area contributed by atoms with E-state index in [0.29, 0.717) is 13.1 Å². The minimum atomic E-state index is -0.473. The first-order chi connectivity index (χ1) is 9.81. The fraction of sp³-hybridized carbons (Fsp3) is 0.714. The number of aromatic nitrogens is 1. The van der Waals surface area contributed by atoms with Gasteiger partial charge in [-0.2, -0.15) is 0 Å². The maximum atomic E-state index is 11.6. The third-order valence-corrected chi connectivity index (χ3v) is 3.57. The summed E-state index contributed by atoms with van der Waals surface area (Å²) < 4.78 is 5.20. The second-order valence-corrected chi connectivity index (χ2v) is 6.72.